The minimum Gasteiger partial charge on any atom is -0.372 e. The summed E-state index contributed by atoms with van der Waals surface area (Å²) in [6.07, 6.45) is 1.18. The standard InChI is InChI=1S/C16H21N5O2/c1-10(17-2)8-14-19-16(23-20-14)11-4-5-13-12(9-11)18-15(22)6-7-21(13)3/h4-5,9-10,17H,6-8H2,1-3H3,(H,18,22). The van der Waals surface area contributed by atoms with Crippen LogP contribution in [0.25, 0.3) is 11.5 Å². The third kappa shape index (κ3) is 3.34. The van der Waals surface area contributed by atoms with Crippen LogP contribution in [0.15, 0.2) is 22.7 Å². The Balaban J connectivity index is 1.88. The van der Waals surface area contributed by atoms with Crippen molar-refractivity contribution >= 4 is 17.3 Å². The first-order valence-electron chi connectivity index (χ1n) is 7.72. The van der Waals surface area contributed by atoms with E-state index in [4.69, 9.17) is 4.52 Å². The zero-order valence-corrected chi connectivity index (χ0v) is 13.6. The lowest BCUT2D eigenvalue weighted by Crippen LogP contribution is -2.24. The van der Waals surface area contributed by atoms with Gasteiger partial charge in [-0.3, -0.25) is 4.79 Å². The Hall–Kier alpha value is -2.41. The summed E-state index contributed by atoms with van der Waals surface area (Å²) in [5.74, 6) is 1.15. The molecule has 2 heterocycles. The van der Waals surface area contributed by atoms with Gasteiger partial charge in [0.2, 0.25) is 5.91 Å². The summed E-state index contributed by atoms with van der Waals surface area (Å²) >= 11 is 0. The van der Waals surface area contributed by atoms with Gasteiger partial charge < -0.3 is 20.1 Å². The molecule has 0 bridgehead atoms. The summed E-state index contributed by atoms with van der Waals surface area (Å²) in [6, 6.07) is 6.07. The van der Waals surface area contributed by atoms with Crippen LogP contribution in [-0.2, 0) is 11.2 Å². The van der Waals surface area contributed by atoms with Gasteiger partial charge in [-0.15, -0.1) is 0 Å². The molecule has 0 spiro atoms. The molecular formula is C16H21N5O2. The van der Waals surface area contributed by atoms with Crippen molar-refractivity contribution in [3.8, 4) is 11.5 Å². The molecule has 0 saturated carbocycles. The Morgan fingerprint density at radius 1 is 1.48 bits per heavy atom. The lowest BCUT2D eigenvalue weighted by atomic mass is 10.1. The summed E-state index contributed by atoms with van der Waals surface area (Å²) in [5, 5.41) is 10.1. The van der Waals surface area contributed by atoms with Gasteiger partial charge in [-0.1, -0.05) is 5.16 Å². The molecule has 1 aliphatic heterocycles. The highest BCUT2D eigenvalue weighted by Gasteiger charge is 2.19. The molecule has 0 aliphatic carbocycles. The average Bonchev–Trinajstić information content (AvgIpc) is 2.95. The number of carbonyl (C=O) groups excluding carboxylic acids is 1. The smallest absolute Gasteiger partial charge is 0.257 e. The second kappa shape index (κ2) is 6.37. The first-order valence-corrected chi connectivity index (χ1v) is 7.72. The van der Waals surface area contributed by atoms with Gasteiger partial charge in [0.1, 0.15) is 0 Å². The van der Waals surface area contributed by atoms with Crippen LogP contribution in [0.4, 0.5) is 11.4 Å². The second-order valence-corrected chi connectivity index (χ2v) is 5.86. The number of nitrogens with zero attached hydrogens (tertiary/aromatic N) is 3. The van der Waals surface area contributed by atoms with E-state index in [9.17, 15) is 4.79 Å². The summed E-state index contributed by atoms with van der Waals surface area (Å²) in [7, 11) is 3.88. The van der Waals surface area contributed by atoms with Crippen LogP contribution in [0.5, 0.6) is 0 Å². The lowest BCUT2D eigenvalue weighted by molar-refractivity contribution is -0.115. The molecule has 0 saturated heterocycles. The van der Waals surface area contributed by atoms with Gasteiger partial charge in [-0.2, -0.15) is 4.98 Å². The predicted molar refractivity (Wildman–Crippen MR) is 88.5 cm³/mol. The highest BCUT2D eigenvalue weighted by molar-refractivity contribution is 5.97. The zero-order valence-electron chi connectivity index (χ0n) is 13.6. The van der Waals surface area contributed by atoms with Crippen LogP contribution in [0.3, 0.4) is 0 Å². The molecule has 0 fully saturated rings. The first kappa shape index (κ1) is 15.5. The quantitative estimate of drug-likeness (QED) is 0.893. The Labute approximate surface area is 135 Å². The molecule has 1 aliphatic rings. The molecule has 7 nitrogen and oxygen atoms in total. The fraction of sp³-hybridized carbons (Fsp3) is 0.438. The molecule has 2 aromatic rings. The van der Waals surface area contributed by atoms with Gasteiger partial charge in [0.15, 0.2) is 5.82 Å². The molecule has 23 heavy (non-hydrogen) atoms. The number of fused-ring (bicyclic) bond motifs is 1. The number of nitrogens with one attached hydrogen (secondary N) is 2. The number of rotatable bonds is 4. The normalized spacial score (nSPS) is 15.8. The van der Waals surface area contributed by atoms with Crippen molar-refractivity contribution in [3.05, 3.63) is 24.0 Å². The molecule has 1 atom stereocenters. The van der Waals surface area contributed by atoms with E-state index < -0.39 is 0 Å². The fourth-order valence-corrected chi connectivity index (χ4v) is 2.53. The van der Waals surface area contributed by atoms with Gasteiger partial charge in [0, 0.05) is 38.0 Å². The lowest BCUT2D eigenvalue weighted by Gasteiger charge is -2.18. The zero-order chi connectivity index (χ0) is 16.4. The number of amides is 1. The van der Waals surface area contributed by atoms with Gasteiger partial charge in [0.05, 0.1) is 11.4 Å². The minimum atomic E-state index is 0.0156. The van der Waals surface area contributed by atoms with Crippen LogP contribution in [0.2, 0.25) is 0 Å². The number of anilines is 2. The van der Waals surface area contributed by atoms with Gasteiger partial charge in [-0.25, -0.2) is 0 Å². The molecule has 7 heteroatoms. The van der Waals surface area contributed by atoms with Crippen molar-refractivity contribution in [2.24, 2.45) is 0 Å². The SMILES string of the molecule is CNC(C)Cc1noc(-c2ccc3c(c2)NC(=O)CCN3C)n1. The van der Waals surface area contributed by atoms with Gasteiger partial charge in [-0.05, 0) is 32.2 Å². The Morgan fingerprint density at radius 3 is 3.09 bits per heavy atom. The summed E-state index contributed by atoms with van der Waals surface area (Å²) in [6.45, 7) is 2.76. The number of carbonyl (C=O) groups is 1. The molecule has 2 N–H and O–H groups in total. The van der Waals surface area contributed by atoms with Crippen LogP contribution < -0.4 is 15.5 Å². The monoisotopic (exact) mass is 315 g/mol. The molecule has 1 amide bonds. The Bertz CT molecular complexity index is 712. The van der Waals surface area contributed by atoms with Gasteiger partial charge in [0.25, 0.3) is 5.89 Å². The number of benzene rings is 1. The van der Waals surface area contributed by atoms with E-state index in [0.717, 1.165) is 16.9 Å². The van der Waals surface area contributed by atoms with E-state index >= 15 is 0 Å². The van der Waals surface area contributed by atoms with Crippen LogP contribution in [-0.4, -0.2) is 42.7 Å². The minimum absolute atomic E-state index is 0.0156. The largest absolute Gasteiger partial charge is 0.372 e. The molecule has 1 unspecified atom stereocenters. The molecule has 1 aromatic heterocycles. The highest BCUT2D eigenvalue weighted by atomic mass is 16.5. The molecule has 1 aromatic carbocycles. The highest BCUT2D eigenvalue weighted by Crippen LogP contribution is 2.32. The maximum absolute atomic E-state index is 11.8. The Morgan fingerprint density at radius 2 is 2.30 bits per heavy atom. The van der Waals surface area contributed by atoms with Crippen LogP contribution in [0, 0.1) is 0 Å². The van der Waals surface area contributed by atoms with E-state index in [1.165, 1.54) is 0 Å². The van der Waals surface area contributed by atoms with Crippen LogP contribution >= 0.6 is 0 Å². The maximum Gasteiger partial charge on any atom is 0.257 e. The van der Waals surface area contributed by atoms with Crippen molar-refractivity contribution in [1.29, 1.82) is 0 Å². The molecular weight excluding hydrogens is 294 g/mol. The third-order valence-corrected chi connectivity index (χ3v) is 4.05. The number of hydrogen-bond acceptors (Lipinski definition) is 6. The fourth-order valence-electron chi connectivity index (χ4n) is 2.53. The second-order valence-electron chi connectivity index (χ2n) is 5.86. The maximum atomic E-state index is 11.8. The summed E-state index contributed by atoms with van der Waals surface area (Å²) < 4.78 is 5.36. The van der Waals surface area contributed by atoms with E-state index in [-0.39, 0.29) is 11.9 Å². The summed E-state index contributed by atoms with van der Waals surface area (Å²) in [5.41, 5.74) is 2.56. The van der Waals surface area contributed by atoms with Crippen molar-refractivity contribution in [2.75, 3.05) is 30.9 Å². The third-order valence-electron chi connectivity index (χ3n) is 4.05. The van der Waals surface area contributed by atoms with E-state index in [2.05, 4.69) is 32.6 Å². The molecule has 3 rings (SSSR count). The van der Waals surface area contributed by atoms with Crippen LogP contribution in [0.1, 0.15) is 19.2 Å². The van der Waals surface area contributed by atoms with Crippen molar-refractivity contribution in [3.63, 3.8) is 0 Å². The molecule has 0 radical (unpaired) electrons. The van der Waals surface area contributed by atoms with E-state index in [1.54, 1.807) is 0 Å². The van der Waals surface area contributed by atoms with Crippen molar-refractivity contribution in [1.82, 2.24) is 15.5 Å². The molecule has 122 valence electrons. The average molecular weight is 315 g/mol. The predicted octanol–water partition coefficient (Wildman–Crippen LogP) is 1.67. The van der Waals surface area contributed by atoms with E-state index in [1.807, 2.05) is 32.3 Å². The van der Waals surface area contributed by atoms with E-state index in [0.29, 0.717) is 31.1 Å². The van der Waals surface area contributed by atoms with Crippen molar-refractivity contribution < 1.29 is 9.32 Å². The Kier molecular flexibility index (Phi) is 4.29. The topological polar surface area (TPSA) is 83.3 Å². The summed E-state index contributed by atoms with van der Waals surface area (Å²) in [4.78, 5) is 18.3. The number of aromatic nitrogens is 2. The first-order chi connectivity index (χ1) is 11.1. The number of hydrogen-bond donors (Lipinski definition) is 2. The van der Waals surface area contributed by atoms with Gasteiger partial charge >= 0.3 is 0 Å². The van der Waals surface area contributed by atoms with Crippen molar-refractivity contribution in [2.45, 2.75) is 25.8 Å². The number of likely N-dealkylation sites (N-methyl/N-ethyl adjacent to an activating group) is 1.